The smallest absolute Gasteiger partial charge is 0.253 e. The van der Waals surface area contributed by atoms with Crippen LogP contribution in [0.4, 0.5) is 11.4 Å². The number of nitrogens with two attached hydrogens (primary N) is 1. The van der Waals surface area contributed by atoms with Crippen LogP contribution in [0.15, 0.2) is 12.1 Å². The number of benzene rings is 1. The lowest BCUT2D eigenvalue weighted by molar-refractivity contribution is -0.128. The van der Waals surface area contributed by atoms with E-state index in [9.17, 15) is 4.79 Å². The van der Waals surface area contributed by atoms with Crippen LogP contribution in [-0.4, -0.2) is 31.3 Å². The zero-order chi connectivity index (χ0) is 15.4. The Balaban J connectivity index is 1.88. The van der Waals surface area contributed by atoms with Crippen LogP contribution >= 0.6 is 23.2 Å². The monoisotopic (exact) mass is 332 g/mol. The van der Waals surface area contributed by atoms with Crippen LogP contribution in [0.1, 0.15) is 19.8 Å². The molecule has 2 rings (SSSR count). The van der Waals surface area contributed by atoms with Gasteiger partial charge in [0.15, 0.2) is 0 Å². The molecule has 0 aromatic heterocycles. The van der Waals surface area contributed by atoms with Crippen LogP contribution in [0.2, 0.25) is 10.0 Å². The fraction of sp³-hybridized carbons (Fsp3) is 0.500. The van der Waals surface area contributed by atoms with Crippen molar-refractivity contribution in [3.05, 3.63) is 22.2 Å². The molecule has 0 saturated carbocycles. The number of halogens is 2. The Kier molecular flexibility index (Phi) is 5.70. The molecule has 1 aromatic rings. The molecule has 7 heteroatoms. The number of carbonyl (C=O) groups excluding carboxylic acids is 1. The van der Waals surface area contributed by atoms with E-state index in [0.29, 0.717) is 28.0 Å². The third kappa shape index (κ3) is 4.48. The first-order chi connectivity index (χ1) is 9.97. The molecule has 21 heavy (non-hydrogen) atoms. The largest absolute Gasteiger partial charge is 0.396 e. The first-order valence-corrected chi connectivity index (χ1v) is 7.51. The Hall–Kier alpha value is -1.01. The van der Waals surface area contributed by atoms with Crippen molar-refractivity contribution in [2.24, 2.45) is 0 Å². The van der Waals surface area contributed by atoms with Crippen molar-refractivity contribution < 1.29 is 14.3 Å². The van der Waals surface area contributed by atoms with Crippen molar-refractivity contribution in [2.75, 3.05) is 24.3 Å². The fourth-order valence-corrected chi connectivity index (χ4v) is 2.49. The summed E-state index contributed by atoms with van der Waals surface area (Å²) >= 11 is 11.8. The standard InChI is InChI=1S/C14H18Cl2N2O3/c1-8(21-7-10-3-2-4-20-10)14(19)18-9-5-11(15)13(17)12(16)6-9/h5-6,8,10H,2-4,7,17H2,1H3,(H,18,19). The summed E-state index contributed by atoms with van der Waals surface area (Å²) in [6.45, 7) is 2.86. The Morgan fingerprint density at radius 2 is 2.19 bits per heavy atom. The first kappa shape index (κ1) is 16.4. The number of carbonyl (C=O) groups is 1. The summed E-state index contributed by atoms with van der Waals surface area (Å²) in [5.41, 5.74) is 6.42. The van der Waals surface area contributed by atoms with Gasteiger partial charge in [-0.3, -0.25) is 4.79 Å². The zero-order valence-corrected chi connectivity index (χ0v) is 13.2. The van der Waals surface area contributed by atoms with Gasteiger partial charge in [-0.1, -0.05) is 23.2 Å². The Morgan fingerprint density at radius 1 is 1.52 bits per heavy atom. The van der Waals surface area contributed by atoms with Gasteiger partial charge in [-0.15, -0.1) is 0 Å². The summed E-state index contributed by atoms with van der Waals surface area (Å²) in [7, 11) is 0. The van der Waals surface area contributed by atoms with Crippen molar-refractivity contribution in [3.8, 4) is 0 Å². The predicted octanol–water partition coefficient (Wildman–Crippen LogP) is 3.10. The summed E-state index contributed by atoms with van der Waals surface area (Å²) in [5.74, 6) is -0.273. The van der Waals surface area contributed by atoms with E-state index in [1.54, 1.807) is 19.1 Å². The van der Waals surface area contributed by atoms with E-state index in [4.69, 9.17) is 38.4 Å². The second-order valence-corrected chi connectivity index (χ2v) is 5.77. The maximum absolute atomic E-state index is 12.0. The van der Waals surface area contributed by atoms with Crippen molar-refractivity contribution in [1.82, 2.24) is 0 Å². The van der Waals surface area contributed by atoms with Gasteiger partial charge in [-0.2, -0.15) is 0 Å². The molecule has 0 aliphatic carbocycles. The topological polar surface area (TPSA) is 73.6 Å². The van der Waals surface area contributed by atoms with Crippen LogP contribution < -0.4 is 11.1 Å². The number of amides is 1. The van der Waals surface area contributed by atoms with Gasteiger partial charge in [0.2, 0.25) is 0 Å². The lowest BCUT2D eigenvalue weighted by atomic mass is 10.2. The molecule has 1 amide bonds. The number of ether oxygens (including phenoxy) is 2. The second-order valence-electron chi connectivity index (χ2n) is 4.95. The fourth-order valence-electron chi connectivity index (χ4n) is 2.00. The molecule has 1 aliphatic heterocycles. The highest BCUT2D eigenvalue weighted by molar-refractivity contribution is 6.39. The Bertz CT molecular complexity index is 496. The summed E-state index contributed by atoms with van der Waals surface area (Å²) in [5, 5.41) is 3.29. The van der Waals surface area contributed by atoms with Crippen molar-refractivity contribution >= 4 is 40.5 Å². The molecule has 3 N–H and O–H groups in total. The maximum Gasteiger partial charge on any atom is 0.253 e. The highest BCUT2D eigenvalue weighted by Crippen LogP contribution is 2.31. The molecule has 116 valence electrons. The molecule has 1 aromatic carbocycles. The van der Waals surface area contributed by atoms with Gasteiger partial charge in [-0.25, -0.2) is 0 Å². The third-order valence-corrected chi connectivity index (χ3v) is 3.90. The molecular formula is C14H18Cl2N2O3. The highest BCUT2D eigenvalue weighted by atomic mass is 35.5. The van der Waals surface area contributed by atoms with Crippen LogP contribution in [0.25, 0.3) is 0 Å². The SMILES string of the molecule is CC(OCC1CCCO1)C(=O)Nc1cc(Cl)c(N)c(Cl)c1. The van der Waals surface area contributed by atoms with E-state index in [1.165, 1.54) is 0 Å². The molecular weight excluding hydrogens is 315 g/mol. The average Bonchev–Trinajstić information content (AvgIpc) is 2.95. The van der Waals surface area contributed by atoms with Gasteiger partial charge >= 0.3 is 0 Å². The quantitative estimate of drug-likeness (QED) is 0.812. The summed E-state index contributed by atoms with van der Waals surface area (Å²) < 4.78 is 11.0. The molecule has 2 atom stereocenters. The molecule has 0 spiro atoms. The van der Waals surface area contributed by atoms with E-state index in [2.05, 4.69) is 5.32 Å². The number of nitrogen functional groups attached to an aromatic ring is 1. The van der Waals surface area contributed by atoms with Gasteiger partial charge in [0.05, 0.1) is 28.4 Å². The minimum atomic E-state index is -0.593. The minimum Gasteiger partial charge on any atom is -0.396 e. The van der Waals surface area contributed by atoms with Crippen LogP contribution in [-0.2, 0) is 14.3 Å². The van der Waals surface area contributed by atoms with Crippen molar-refractivity contribution in [3.63, 3.8) is 0 Å². The molecule has 0 radical (unpaired) electrons. The predicted molar refractivity (Wildman–Crippen MR) is 83.9 cm³/mol. The van der Waals surface area contributed by atoms with E-state index in [0.717, 1.165) is 19.4 Å². The molecule has 1 fully saturated rings. The third-order valence-electron chi connectivity index (χ3n) is 3.27. The van der Waals surface area contributed by atoms with E-state index in [1.807, 2.05) is 0 Å². The minimum absolute atomic E-state index is 0.0839. The molecule has 1 heterocycles. The van der Waals surface area contributed by atoms with Gasteiger partial charge in [0, 0.05) is 12.3 Å². The lowest BCUT2D eigenvalue weighted by Gasteiger charge is -2.16. The van der Waals surface area contributed by atoms with Crippen LogP contribution in [0.5, 0.6) is 0 Å². The second kappa shape index (κ2) is 7.31. The number of rotatable bonds is 5. The van der Waals surface area contributed by atoms with E-state index < -0.39 is 6.10 Å². The lowest BCUT2D eigenvalue weighted by Crippen LogP contribution is -2.30. The first-order valence-electron chi connectivity index (χ1n) is 6.76. The van der Waals surface area contributed by atoms with Gasteiger partial charge in [0.25, 0.3) is 5.91 Å². The Morgan fingerprint density at radius 3 is 2.76 bits per heavy atom. The van der Waals surface area contributed by atoms with Crippen LogP contribution in [0, 0.1) is 0 Å². The summed E-state index contributed by atoms with van der Waals surface area (Å²) in [4.78, 5) is 12.0. The van der Waals surface area contributed by atoms with Gasteiger partial charge in [-0.05, 0) is 31.9 Å². The molecule has 0 bridgehead atoms. The van der Waals surface area contributed by atoms with Crippen molar-refractivity contribution in [2.45, 2.75) is 32.0 Å². The maximum atomic E-state index is 12.0. The summed E-state index contributed by atoms with van der Waals surface area (Å²) in [6, 6.07) is 3.10. The number of hydrogen-bond acceptors (Lipinski definition) is 4. The highest BCUT2D eigenvalue weighted by Gasteiger charge is 2.20. The van der Waals surface area contributed by atoms with E-state index in [-0.39, 0.29) is 12.0 Å². The molecule has 2 unspecified atom stereocenters. The molecule has 1 aliphatic rings. The van der Waals surface area contributed by atoms with Crippen LogP contribution in [0.3, 0.4) is 0 Å². The van der Waals surface area contributed by atoms with Gasteiger partial charge in [0.1, 0.15) is 6.10 Å². The average molecular weight is 333 g/mol. The van der Waals surface area contributed by atoms with E-state index >= 15 is 0 Å². The number of anilines is 2. The zero-order valence-electron chi connectivity index (χ0n) is 11.7. The van der Waals surface area contributed by atoms with Gasteiger partial charge < -0.3 is 20.5 Å². The normalized spacial score (nSPS) is 19.5. The summed E-state index contributed by atoms with van der Waals surface area (Å²) in [6.07, 6.45) is 1.50. The molecule has 1 saturated heterocycles. The van der Waals surface area contributed by atoms with Crippen molar-refractivity contribution in [1.29, 1.82) is 0 Å². The molecule has 5 nitrogen and oxygen atoms in total. The number of nitrogens with one attached hydrogen (secondary N) is 1. The number of hydrogen-bond donors (Lipinski definition) is 2. The Labute approximate surface area is 133 Å².